The van der Waals surface area contributed by atoms with Crippen molar-refractivity contribution < 1.29 is 5.11 Å². The summed E-state index contributed by atoms with van der Waals surface area (Å²) in [4.78, 5) is 10.3. The fourth-order valence-corrected chi connectivity index (χ4v) is 1.75. The highest BCUT2D eigenvalue weighted by atomic mass is 16.3. The Morgan fingerprint density at radius 2 is 2.19 bits per heavy atom. The Balaban J connectivity index is 2.11. The normalized spacial score (nSPS) is 19.2. The van der Waals surface area contributed by atoms with Crippen LogP contribution in [0.15, 0.2) is 12.3 Å². The van der Waals surface area contributed by atoms with E-state index in [1.807, 2.05) is 17.9 Å². The van der Waals surface area contributed by atoms with Gasteiger partial charge >= 0.3 is 0 Å². The number of nitrogens with zero attached hydrogens (tertiary/aromatic N) is 4. The third-order valence-electron chi connectivity index (χ3n) is 2.88. The first-order chi connectivity index (χ1) is 7.61. The fraction of sp³-hybridized carbons (Fsp3) is 0.545. The summed E-state index contributed by atoms with van der Waals surface area (Å²) in [6.07, 6.45) is 2.99. The lowest BCUT2D eigenvalue weighted by Crippen LogP contribution is -2.43. The Kier molecular flexibility index (Phi) is 2.75. The molecule has 2 rings (SSSR count). The molecule has 0 saturated carbocycles. The second kappa shape index (κ2) is 4.06. The number of nitriles is 1. The molecule has 84 valence electrons. The Labute approximate surface area is 94.4 Å². The summed E-state index contributed by atoms with van der Waals surface area (Å²) in [5.41, 5.74) is -0.203. The SMILES string of the molecule is CC1(O)CCN(c2nccc(C#N)n2)CC1. The minimum Gasteiger partial charge on any atom is -0.390 e. The van der Waals surface area contributed by atoms with Gasteiger partial charge in [0, 0.05) is 19.3 Å². The van der Waals surface area contributed by atoms with Crippen molar-refractivity contribution in [2.75, 3.05) is 18.0 Å². The largest absolute Gasteiger partial charge is 0.390 e. The van der Waals surface area contributed by atoms with Gasteiger partial charge in [0.25, 0.3) is 0 Å². The Bertz CT molecular complexity index is 414. The number of aromatic nitrogens is 2. The van der Waals surface area contributed by atoms with Crippen LogP contribution in [0.3, 0.4) is 0 Å². The molecule has 5 heteroatoms. The summed E-state index contributed by atoms with van der Waals surface area (Å²) in [7, 11) is 0. The Morgan fingerprint density at radius 3 is 2.81 bits per heavy atom. The average Bonchev–Trinajstić information content (AvgIpc) is 2.29. The van der Waals surface area contributed by atoms with Crippen molar-refractivity contribution in [3.8, 4) is 6.07 Å². The van der Waals surface area contributed by atoms with E-state index in [0.717, 1.165) is 13.1 Å². The van der Waals surface area contributed by atoms with Crippen molar-refractivity contribution in [3.05, 3.63) is 18.0 Å². The smallest absolute Gasteiger partial charge is 0.226 e. The maximum absolute atomic E-state index is 9.82. The van der Waals surface area contributed by atoms with Gasteiger partial charge in [-0.05, 0) is 25.8 Å². The van der Waals surface area contributed by atoms with E-state index >= 15 is 0 Å². The van der Waals surface area contributed by atoms with Crippen molar-refractivity contribution in [3.63, 3.8) is 0 Å². The highest BCUT2D eigenvalue weighted by Gasteiger charge is 2.28. The molecule has 1 fully saturated rings. The van der Waals surface area contributed by atoms with Gasteiger partial charge in [0.2, 0.25) is 5.95 Å². The number of rotatable bonds is 1. The average molecular weight is 218 g/mol. The van der Waals surface area contributed by atoms with Gasteiger partial charge in [-0.15, -0.1) is 0 Å². The molecule has 0 unspecified atom stereocenters. The molecule has 0 spiro atoms. The first-order valence-corrected chi connectivity index (χ1v) is 5.31. The summed E-state index contributed by atoms with van der Waals surface area (Å²) in [6, 6.07) is 3.58. The monoisotopic (exact) mass is 218 g/mol. The molecule has 0 bridgehead atoms. The molecule has 1 N–H and O–H groups in total. The van der Waals surface area contributed by atoms with Crippen LogP contribution in [0.5, 0.6) is 0 Å². The quantitative estimate of drug-likeness (QED) is 0.751. The summed E-state index contributed by atoms with van der Waals surface area (Å²) >= 11 is 0. The van der Waals surface area contributed by atoms with Crippen LogP contribution in [0, 0.1) is 11.3 Å². The zero-order valence-electron chi connectivity index (χ0n) is 9.22. The lowest BCUT2D eigenvalue weighted by atomic mass is 9.94. The van der Waals surface area contributed by atoms with Crippen LogP contribution in [-0.4, -0.2) is 33.8 Å². The molecule has 1 saturated heterocycles. The topological polar surface area (TPSA) is 73.0 Å². The van der Waals surface area contributed by atoms with Crippen LogP contribution >= 0.6 is 0 Å². The summed E-state index contributed by atoms with van der Waals surface area (Å²) in [6.45, 7) is 3.29. The summed E-state index contributed by atoms with van der Waals surface area (Å²) < 4.78 is 0. The summed E-state index contributed by atoms with van der Waals surface area (Å²) in [5.74, 6) is 0.578. The molecule has 1 aromatic rings. The van der Waals surface area contributed by atoms with Gasteiger partial charge in [-0.3, -0.25) is 0 Å². The highest BCUT2D eigenvalue weighted by Crippen LogP contribution is 2.23. The predicted molar refractivity (Wildman–Crippen MR) is 58.8 cm³/mol. The molecule has 5 nitrogen and oxygen atoms in total. The van der Waals surface area contributed by atoms with E-state index in [-0.39, 0.29) is 0 Å². The van der Waals surface area contributed by atoms with Crippen molar-refractivity contribution in [1.82, 2.24) is 9.97 Å². The molecular weight excluding hydrogens is 204 g/mol. The van der Waals surface area contributed by atoms with Crippen LogP contribution < -0.4 is 4.90 Å². The molecule has 1 aliphatic heterocycles. The lowest BCUT2D eigenvalue weighted by Gasteiger charge is -2.35. The van der Waals surface area contributed by atoms with Gasteiger partial charge < -0.3 is 10.0 Å². The van der Waals surface area contributed by atoms with Crippen LogP contribution in [0.1, 0.15) is 25.5 Å². The standard InChI is InChI=1S/C11H14N4O/c1-11(16)3-6-15(7-4-11)10-13-5-2-9(8-12)14-10/h2,5,16H,3-4,6-7H2,1H3. The highest BCUT2D eigenvalue weighted by molar-refractivity contribution is 5.34. The first kappa shape index (κ1) is 10.8. The molecule has 0 amide bonds. The second-order valence-electron chi connectivity index (χ2n) is 4.34. The Hall–Kier alpha value is -1.67. The minimum atomic E-state index is -0.580. The summed E-state index contributed by atoms with van der Waals surface area (Å²) in [5, 5.41) is 18.6. The molecule has 1 aliphatic rings. The van der Waals surface area contributed by atoms with E-state index in [4.69, 9.17) is 5.26 Å². The number of hydrogen-bond acceptors (Lipinski definition) is 5. The van der Waals surface area contributed by atoms with E-state index in [9.17, 15) is 5.11 Å². The number of anilines is 1. The molecule has 0 radical (unpaired) electrons. The van der Waals surface area contributed by atoms with Crippen molar-refractivity contribution in [2.24, 2.45) is 0 Å². The second-order valence-corrected chi connectivity index (χ2v) is 4.34. The van der Waals surface area contributed by atoms with Crippen LogP contribution in [0.4, 0.5) is 5.95 Å². The van der Waals surface area contributed by atoms with E-state index in [1.54, 1.807) is 12.3 Å². The maximum Gasteiger partial charge on any atom is 0.226 e. The molecule has 0 aliphatic carbocycles. The number of aliphatic hydroxyl groups is 1. The van der Waals surface area contributed by atoms with Crippen LogP contribution in [0.2, 0.25) is 0 Å². The van der Waals surface area contributed by atoms with E-state index in [2.05, 4.69) is 9.97 Å². The van der Waals surface area contributed by atoms with Crippen LogP contribution in [0.25, 0.3) is 0 Å². The van der Waals surface area contributed by atoms with Gasteiger partial charge in [-0.2, -0.15) is 5.26 Å². The third-order valence-corrected chi connectivity index (χ3v) is 2.88. The molecule has 2 heterocycles. The number of hydrogen-bond donors (Lipinski definition) is 1. The zero-order chi connectivity index (χ0) is 11.6. The number of piperidine rings is 1. The molecule has 0 atom stereocenters. The van der Waals surface area contributed by atoms with E-state index in [0.29, 0.717) is 24.5 Å². The van der Waals surface area contributed by atoms with Crippen LogP contribution in [-0.2, 0) is 0 Å². The zero-order valence-corrected chi connectivity index (χ0v) is 9.22. The van der Waals surface area contributed by atoms with Gasteiger partial charge in [0.05, 0.1) is 5.60 Å². The van der Waals surface area contributed by atoms with Crippen molar-refractivity contribution >= 4 is 5.95 Å². The molecular formula is C11H14N4O. The minimum absolute atomic E-state index is 0.377. The first-order valence-electron chi connectivity index (χ1n) is 5.31. The van der Waals surface area contributed by atoms with Crippen molar-refractivity contribution in [1.29, 1.82) is 5.26 Å². The maximum atomic E-state index is 9.82. The third kappa shape index (κ3) is 2.28. The van der Waals surface area contributed by atoms with Crippen molar-refractivity contribution in [2.45, 2.75) is 25.4 Å². The van der Waals surface area contributed by atoms with Gasteiger partial charge in [0.15, 0.2) is 0 Å². The van der Waals surface area contributed by atoms with Gasteiger partial charge in [-0.1, -0.05) is 0 Å². The molecule has 0 aromatic carbocycles. The van der Waals surface area contributed by atoms with Gasteiger partial charge in [-0.25, -0.2) is 9.97 Å². The van der Waals surface area contributed by atoms with E-state index < -0.39 is 5.60 Å². The Morgan fingerprint density at radius 1 is 1.50 bits per heavy atom. The lowest BCUT2D eigenvalue weighted by molar-refractivity contribution is 0.0349. The molecule has 16 heavy (non-hydrogen) atoms. The fourth-order valence-electron chi connectivity index (χ4n) is 1.75. The van der Waals surface area contributed by atoms with Gasteiger partial charge in [0.1, 0.15) is 11.8 Å². The molecule has 1 aromatic heterocycles. The predicted octanol–water partition coefficient (Wildman–Crippen LogP) is 0.699. The van der Waals surface area contributed by atoms with E-state index in [1.165, 1.54) is 0 Å².